The fourth-order valence-electron chi connectivity index (χ4n) is 2.97. The quantitative estimate of drug-likeness (QED) is 0.758. The predicted octanol–water partition coefficient (Wildman–Crippen LogP) is 4.41. The highest BCUT2D eigenvalue weighted by Gasteiger charge is 2.31. The summed E-state index contributed by atoms with van der Waals surface area (Å²) in [4.78, 5) is 0. The van der Waals surface area contributed by atoms with Crippen LogP contribution in [0.5, 0.6) is 0 Å². The van der Waals surface area contributed by atoms with Gasteiger partial charge in [-0.1, -0.05) is 17.7 Å². The third kappa shape index (κ3) is 2.18. The maximum Gasteiger partial charge on any atom is 0.0707 e. The Morgan fingerprint density at radius 1 is 1.21 bits per heavy atom. The lowest BCUT2D eigenvalue weighted by atomic mass is 10.0. The second-order valence-corrected chi connectivity index (χ2v) is 5.89. The van der Waals surface area contributed by atoms with Crippen molar-refractivity contribution in [2.45, 2.75) is 45.4 Å². The number of rotatable bonds is 3. The smallest absolute Gasteiger partial charge is 0.0707 e. The van der Waals surface area contributed by atoms with E-state index in [1.165, 1.54) is 46.5 Å². The average Bonchev–Trinajstić information content (AvgIpc) is 3.09. The van der Waals surface area contributed by atoms with Crippen molar-refractivity contribution in [3.05, 3.63) is 46.3 Å². The zero-order chi connectivity index (χ0) is 13.6. The largest absolute Gasteiger partial charge is 0.237 e. The molecule has 0 spiro atoms. The van der Waals surface area contributed by atoms with E-state index in [0.717, 1.165) is 0 Å². The molecular formula is C16H19ClN2. The number of hydrogen-bond acceptors (Lipinski definition) is 1. The Kier molecular flexibility index (Phi) is 3.14. The molecule has 100 valence electrons. The molecule has 19 heavy (non-hydrogen) atoms. The second kappa shape index (κ2) is 4.68. The second-order valence-electron chi connectivity index (χ2n) is 5.62. The Labute approximate surface area is 119 Å². The van der Waals surface area contributed by atoms with E-state index >= 15 is 0 Å². The molecule has 1 heterocycles. The molecule has 0 N–H and O–H groups in total. The summed E-state index contributed by atoms with van der Waals surface area (Å²) >= 11 is 6.06. The number of benzene rings is 1. The predicted molar refractivity (Wildman–Crippen MR) is 79.3 cm³/mol. The van der Waals surface area contributed by atoms with Gasteiger partial charge in [-0.15, -0.1) is 11.6 Å². The van der Waals surface area contributed by atoms with Gasteiger partial charge in [0.15, 0.2) is 0 Å². The van der Waals surface area contributed by atoms with Gasteiger partial charge in [0.25, 0.3) is 0 Å². The molecule has 3 rings (SSSR count). The Balaban J connectivity index is 2.20. The zero-order valence-corrected chi connectivity index (χ0v) is 12.5. The molecule has 3 heteroatoms. The summed E-state index contributed by atoms with van der Waals surface area (Å²) in [5.74, 6) is 1.20. The molecule has 0 saturated heterocycles. The maximum atomic E-state index is 6.06. The first-order valence-corrected chi connectivity index (χ1v) is 7.36. The Bertz CT molecular complexity index is 601. The number of aromatic nitrogens is 2. The van der Waals surface area contributed by atoms with E-state index in [2.05, 4.69) is 42.7 Å². The van der Waals surface area contributed by atoms with Gasteiger partial charge >= 0.3 is 0 Å². The van der Waals surface area contributed by atoms with Gasteiger partial charge in [0, 0.05) is 11.5 Å². The van der Waals surface area contributed by atoms with Crippen LogP contribution in [0.1, 0.15) is 46.7 Å². The minimum Gasteiger partial charge on any atom is -0.237 e. The highest BCUT2D eigenvalue weighted by Crippen LogP contribution is 2.43. The summed E-state index contributed by atoms with van der Waals surface area (Å²) < 4.78 is 2.12. The Hall–Kier alpha value is -1.28. The van der Waals surface area contributed by atoms with Crippen molar-refractivity contribution in [1.82, 2.24) is 9.78 Å². The fraction of sp³-hybridized carbons (Fsp3) is 0.438. The van der Waals surface area contributed by atoms with Crippen LogP contribution < -0.4 is 0 Å². The standard InChI is InChI=1S/C16H19ClN2/c1-10-6-11(2)15(12(3)7-10)19-16(13-4-5-13)14(8-17)9-18-19/h6-7,9,13H,4-5,8H2,1-3H3. The van der Waals surface area contributed by atoms with Gasteiger partial charge in [0.05, 0.1) is 23.5 Å². The summed E-state index contributed by atoms with van der Waals surface area (Å²) in [7, 11) is 0. The van der Waals surface area contributed by atoms with Gasteiger partial charge in [-0.25, -0.2) is 4.68 Å². The molecule has 0 bridgehead atoms. The normalized spacial score (nSPS) is 14.9. The van der Waals surface area contributed by atoms with Crippen LogP contribution in [0.4, 0.5) is 0 Å². The van der Waals surface area contributed by atoms with E-state index in [1.807, 2.05) is 6.20 Å². The highest BCUT2D eigenvalue weighted by atomic mass is 35.5. The van der Waals surface area contributed by atoms with Crippen molar-refractivity contribution in [3.63, 3.8) is 0 Å². The Morgan fingerprint density at radius 2 is 1.84 bits per heavy atom. The molecule has 0 amide bonds. The monoisotopic (exact) mass is 274 g/mol. The summed E-state index contributed by atoms with van der Waals surface area (Å²) in [6.45, 7) is 6.46. The third-order valence-electron chi connectivity index (χ3n) is 3.84. The molecule has 2 nitrogen and oxygen atoms in total. The molecule has 1 fully saturated rings. The van der Waals surface area contributed by atoms with Crippen LogP contribution in [0.25, 0.3) is 5.69 Å². The summed E-state index contributed by atoms with van der Waals surface area (Å²) in [5.41, 5.74) is 7.60. The van der Waals surface area contributed by atoms with E-state index < -0.39 is 0 Å². The van der Waals surface area contributed by atoms with Crippen molar-refractivity contribution in [2.24, 2.45) is 0 Å². The van der Waals surface area contributed by atoms with Crippen molar-refractivity contribution in [3.8, 4) is 5.69 Å². The van der Waals surface area contributed by atoms with E-state index in [9.17, 15) is 0 Å². The lowest BCUT2D eigenvalue weighted by Gasteiger charge is -2.15. The highest BCUT2D eigenvalue weighted by molar-refractivity contribution is 6.17. The number of hydrogen-bond donors (Lipinski definition) is 0. The average molecular weight is 275 g/mol. The summed E-state index contributed by atoms with van der Waals surface area (Å²) in [6, 6.07) is 4.45. The van der Waals surface area contributed by atoms with Crippen LogP contribution in [0.15, 0.2) is 18.3 Å². The van der Waals surface area contributed by atoms with Crippen molar-refractivity contribution < 1.29 is 0 Å². The van der Waals surface area contributed by atoms with Gasteiger partial charge in [-0.3, -0.25) is 0 Å². The maximum absolute atomic E-state index is 6.06. The molecule has 0 atom stereocenters. The van der Waals surface area contributed by atoms with Crippen LogP contribution in [0.3, 0.4) is 0 Å². The van der Waals surface area contributed by atoms with Gasteiger partial charge in [0.1, 0.15) is 0 Å². The molecular weight excluding hydrogens is 256 g/mol. The van der Waals surface area contributed by atoms with Crippen LogP contribution in [0, 0.1) is 20.8 Å². The van der Waals surface area contributed by atoms with Crippen LogP contribution >= 0.6 is 11.6 Å². The molecule has 1 aromatic heterocycles. The van der Waals surface area contributed by atoms with E-state index in [1.54, 1.807) is 0 Å². The van der Waals surface area contributed by atoms with Crippen LogP contribution in [0.2, 0.25) is 0 Å². The minimum absolute atomic E-state index is 0.551. The zero-order valence-electron chi connectivity index (χ0n) is 11.7. The van der Waals surface area contributed by atoms with E-state index in [-0.39, 0.29) is 0 Å². The van der Waals surface area contributed by atoms with Crippen molar-refractivity contribution in [1.29, 1.82) is 0 Å². The van der Waals surface area contributed by atoms with Gasteiger partial charge in [-0.2, -0.15) is 5.10 Å². The number of alkyl halides is 1. The SMILES string of the molecule is Cc1cc(C)c(-n2ncc(CCl)c2C2CC2)c(C)c1. The Morgan fingerprint density at radius 3 is 2.37 bits per heavy atom. The number of halogens is 1. The van der Waals surface area contributed by atoms with Crippen LogP contribution in [-0.4, -0.2) is 9.78 Å². The topological polar surface area (TPSA) is 17.8 Å². The van der Waals surface area contributed by atoms with Gasteiger partial charge in [-0.05, 0) is 44.7 Å². The summed E-state index contributed by atoms with van der Waals surface area (Å²) in [5, 5.41) is 4.60. The molecule has 1 aromatic carbocycles. The van der Waals surface area contributed by atoms with E-state index in [4.69, 9.17) is 11.6 Å². The van der Waals surface area contributed by atoms with Gasteiger partial charge in [0.2, 0.25) is 0 Å². The fourth-order valence-corrected chi connectivity index (χ4v) is 3.18. The lowest BCUT2D eigenvalue weighted by Crippen LogP contribution is -2.06. The third-order valence-corrected chi connectivity index (χ3v) is 4.13. The van der Waals surface area contributed by atoms with Crippen molar-refractivity contribution >= 4 is 11.6 Å². The first kappa shape index (κ1) is 12.7. The van der Waals surface area contributed by atoms with Crippen molar-refractivity contribution in [2.75, 3.05) is 0 Å². The molecule has 2 aromatic rings. The molecule has 0 radical (unpaired) electrons. The first-order chi connectivity index (χ1) is 9.11. The van der Waals surface area contributed by atoms with Gasteiger partial charge < -0.3 is 0 Å². The molecule has 1 aliphatic rings. The molecule has 1 saturated carbocycles. The number of aryl methyl sites for hydroxylation is 3. The molecule has 0 unspecified atom stereocenters. The molecule has 0 aliphatic heterocycles. The van der Waals surface area contributed by atoms with E-state index in [0.29, 0.717) is 11.8 Å². The van der Waals surface area contributed by atoms with Crippen LogP contribution in [-0.2, 0) is 5.88 Å². The summed E-state index contributed by atoms with van der Waals surface area (Å²) in [6.07, 6.45) is 4.46. The minimum atomic E-state index is 0.551. The number of nitrogens with zero attached hydrogens (tertiary/aromatic N) is 2. The lowest BCUT2D eigenvalue weighted by molar-refractivity contribution is 0.794. The first-order valence-electron chi connectivity index (χ1n) is 6.82. The molecule has 1 aliphatic carbocycles.